The number of carbonyl (C=O) groups is 1. The Hall–Kier alpha value is -0.390. The van der Waals surface area contributed by atoms with Crippen LogP contribution in [0.3, 0.4) is 0 Å². The van der Waals surface area contributed by atoms with E-state index in [0.29, 0.717) is 13.0 Å². The van der Waals surface area contributed by atoms with Crippen LogP contribution in [0.1, 0.15) is 43.4 Å². The van der Waals surface area contributed by atoms with Crippen LogP contribution in [0.4, 0.5) is 0 Å². The van der Waals surface area contributed by atoms with Crippen molar-refractivity contribution >= 4 is 33.2 Å². The number of carbonyl (C=O) groups excluding carboxylic acids is 1. The van der Waals surface area contributed by atoms with Gasteiger partial charge in [-0.3, -0.25) is 4.79 Å². The zero-order chi connectivity index (χ0) is 13.7. The molecule has 1 amide bonds. The van der Waals surface area contributed by atoms with Gasteiger partial charge in [0.25, 0.3) is 0 Å². The number of hydrogen-bond donors (Lipinski definition) is 2. The normalized spacial score (nSPS) is 18.2. The maximum atomic E-state index is 12.1. The summed E-state index contributed by atoms with van der Waals surface area (Å²) in [6.45, 7) is 0.634. The molecule has 19 heavy (non-hydrogen) atoms. The Morgan fingerprint density at radius 1 is 1.37 bits per heavy atom. The third kappa shape index (κ3) is 4.29. The summed E-state index contributed by atoms with van der Waals surface area (Å²) in [7, 11) is 1.98. The van der Waals surface area contributed by atoms with E-state index >= 15 is 0 Å². The molecule has 0 aliphatic heterocycles. The Kier molecular flexibility index (Phi) is 5.42. The summed E-state index contributed by atoms with van der Waals surface area (Å²) in [4.78, 5) is 13.3. The molecule has 1 aliphatic rings. The zero-order valence-corrected chi connectivity index (χ0v) is 13.7. The van der Waals surface area contributed by atoms with Gasteiger partial charge in [-0.25, -0.2) is 0 Å². The van der Waals surface area contributed by atoms with E-state index in [1.165, 1.54) is 24.1 Å². The summed E-state index contributed by atoms with van der Waals surface area (Å²) >= 11 is 5.10. The van der Waals surface area contributed by atoms with E-state index in [-0.39, 0.29) is 11.4 Å². The Morgan fingerprint density at radius 3 is 2.68 bits per heavy atom. The van der Waals surface area contributed by atoms with E-state index in [9.17, 15) is 4.79 Å². The van der Waals surface area contributed by atoms with Crippen molar-refractivity contribution in [1.29, 1.82) is 0 Å². The van der Waals surface area contributed by atoms with E-state index in [0.717, 1.165) is 16.6 Å². The van der Waals surface area contributed by atoms with E-state index < -0.39 is 0 Å². The Labute approximate surface area is 127 Å². The van der Waals surface area contributed by atoms with Gasteiger partial charge in [0.1, 0.15) is 0 Å². The van der Waals surface area contributed by atoms with Gasteiger partial charge >= 0.3 is 0 Å². The van der Waals surface area contributed by atoms with Gasteiger partial charge in [0, 0.05) is 16.8 Å². The summed E-state index contributed by atoms with van der Waals surface area (Å²) in [5.74, 6) is 0.153. The number of nitrogens with one attached hydrogen (secondary N) is 2. The molecule has 1 fully saturated rings. The van der Waals surface area contributed by atoms with Crippen LogP contribution in [0.2, 0.25) is 0 Å². The molecule has 2 rings (SSSR count). The highest BCUT2D eigenvalue weighted by atomic mass is 79.9. The molecule has 5 heteroatoms. The first-order chi connectivity index (χ1) is 9.13. The standard InChI is InChI=1S/C14H21BrN2OS/c1-16-14(7-3-2-4-8-14)9-13(18)17-10-11-5-6-12(15)19-11/h5-6,16H,2-4,7-10H2,1H3,(H,17,18). The largest absolute Gasteiger partial charge is 0.351 e. The molecule has 3 nitrogen and oxygen atoms in total. The summed E-state index contributed by atoms with van der Waals surface area (Å²) in [6.07, 6.45) is 6.57. The average molecular weight is 345 g/mol. The van der Waals surface area contributed by atoms with Crippen LogP contribution < -0.4 is 10.6 Å². The van der Waals surface area contributed by atoms with Gasteiger partial charge in [-0.1, -0.05) is 19.3 Å². The highest BCUT2D eigenvalue weighted by Crippen LogP contribution is 2.30. The first kappa shape index (κ1) is 15.0. The highest BCUT2D eigenvalue weighted by Gasteiger charge is 2.32. The molecular weight excluding hydrogens is 324 g/mol. The molecular formula is C14H21BrN2OS. The van der Waals surface area contributed by atoms with Crippen LogP contribution in [-0.4, -0.2) is 18.5 Å². The van der Waals surface area contributed by atoms with Gasteiger partial charge in [0.15, 0.2) is 0 Å². The van der Waals surface area contributed by atoms with E-state index in [2.05, 4.69) is 26.6 Å². The fourth-order valence-electron chi connectivity index (χ4n) is 2.75. The number of rotatable bonds is 5. The number of thiophene rings is 1. The Balaban J connectivity index is 1.82. The second-order valence-electron chi connectivity index (χ2n) is 5.25. The fourth-order valence-corrected chi connectivity index (χ4v) is 4.17. The molecule has 1 aliphatic carbocycles. The molecule has 0 unspecified atom stereocenters. The minimum atomic E-state index is 0.0262. The highest BCUT2D eigenvalue weighted by molar-refractivity contribution is 9.11. The van der Waals surface area contributed by atoms with Gasteiger partial charge in [-0.2, -0.15) is 0 Å². The lowest BCUT2D eigenvalue weighted by Gasteiger charge is -2.36. The van der Waals surface area contributed by atoms with Gasteiger partial charge in [0.05, 0.1) is 10.3 Å². The molecule has 1 heterocycles. The second kappa shape index (κ2) is 6.86. The first-order valence-corrected chi connectivity index (χ1v) is 8.44. The molecule has 106 valence electrons. The number of halogens is 1. The Bertz CT molecular complexity index is 427. The number of hydrogen-bond acceptors (Lipinski definition) is 3. The number of amides is 1. The van der Waals surface area contributed by atoms with Crippen molar-refractivity contribution in [1.82, 2.24) is 10.6 Å². The molecule has 0 bridgehead atoms. The maximum absolute atomic E-state index is 12.1. The molecule has 0 saturated heterocycles. The van der Waals surface area contributed by atoms with Crippen LogP contribution in [0.5, 0.6) is 0 Å². The van der Waals surface area contributed by atoms with Gasteiger partial charge in [-0.15, -0.1) is 11.3 Å². The van der Waals surface area contributed by atoms with E-state index in [4.69, 9.17) is 0 Å². The van der Waals surface area contributed by atoms with E-state index in [1.54, 1.807) is 11.3 Å². The third-order valence-electron chi connectivity index (χ3n) is 3.93. The minimum Gasteiger partial charge on any atom is -0.351 e. The van der Waals surface area contributed by atoms with Crippen molar-refractivity contribution in [2.75, 3.05) is 7.05 Å². The van der Waals surface area contributed by atoms with Crippen LogP contribution in [-0.2, 0) is 11.3 Å². The lowest BCUT2D eigenvalue weighted by atomic mass is 9.79. The van der Waals surface area contributed by atoms with Crippen molar-refractivity contribution in [3.63, 3.8) is 0 Å². The lowest BCUT2D eigenvalue weighted by molar-refractivity contribution is -0.123. The molecule has 1 aromatic rings. The smallest absolute Gasteiger partial charge is 0.222 e. The van der Waals surface area contributed by atoms with E-state index in [1.807, 2.05) is 19.2 Å². The predicted octanol–water partition coefficient (Wildman–Crippen LogP) is 3.44. The first-order valence-electron chi connectivity index (χ1n) is 6.83. The average Bonchev–Trinajstić information content (AvgIpc) is 2.83. The third-order valence-corrected chi connectivity index (χ3v) is 5.55. The summed E-state index contributed by atoms with van der Waals surface area (Å²) in [5, 5.41) is 6.41. The lowest BCUT2D eigenvalue weighted by Crippen LogP contribution is -2.48. The molecule has 2 N–H and O–H groups in total. The van der Waals surface area contributed by atoms with Gasteiger partial charge in [0.2, 0.25) is 5.91 Å². The monoisotopic (exact) mass is 344 g/mol. The van der Waals surface area contributed by atoms with Crippen molar-refractivity contribution < 1.29 is 4.79 Å². The minimum absolute atomic E-state index is 0.0262. The summed E-state index contributed by atoms with van der Waals surface area (Å²) in [5.41, 5.74) is 0.0262. The molecule has 1 aromatic heterocycles. The van der Waals surface area contributed by atoms with Gasteiger partial charge in [-0.05, 0) is 48.0 Å². The summed E-state index contributed by atoms with van der Waals surface area (Å²) in [6, 6.07) is 4.06. The summed E-state index contributed by atoms with van der Waals surface area (Å²) < 4.78 is 1.11. The molecule has 1 saturated carbocycles. The second-order valence-corrected chi connectivity index (χ2v) is 7.80. The van der Waals surface area contributed by atoms with Crippen LogP contribution in [0.15, 0.2) is 15.9 Å². The topological polar surface area (TPSA) is 41.1 Å². The predicted molar refractivity (Wildman–Crippen MR) is 83.4 cm³/mol. The Morgan fingerprint density at radius 2 is 2.11 bits per heavy atom. The maximum Gasteiger partial charge on any atom is 0.222 e. The molecule has 0 spiro atoms. The van der Waals surface area contributed by atoms with Crippen LogP contribution in [0, 0.1) is 0 Å². The van der Waals surface area contributed by atoms with Crippen molar-refractivity contribution in [3.8, 4) is 0 Å². The van der Waals surface area contributed by atoms with Crippen LogP contribution >= 0.6 is 27.3 Å². The quantitative estimate of drug-likeness (QED) is 0.858. The van der Waals surface area contributed by atoms with Gasteiger partial charge < -0.3 is 10.6 Å². The van der Waals surface area contributed by atoms with Crippen LogP contribution in [0.25, 0.3) is 0 Å². The molecule has 0 aromatic carbocycles. The van der Waals surface area contributed by atoms with Crippen molar-refractivity contribution in [2.24, 2.45) is 0 Å². The molecule has 0 radical (unpaired) electrons. The van der Waals surface area contributed by atoms with Crippen molar-refractivity contribution in [3.05, 3.63) is 20.8 Å². The SMILES string of the molecule is CNC1(CC(=O)NCc2ccc(Br)s2)CCCCC1. The van der Waals surface area contributed by atoms with Crippen molar-refractivity contribution in [2.45, 2.75) is 50.6 Å². The molecule has 0 atom stereocenters. The zero-order valence-electron chi connectivity index (χ0n) is 11.3. The fraction of sp³-hybridized carbons (Fsp3) is 0.643.